The zero-order chi connectivity index (χ0) is 13.1. The smallest absolute Gasteiger partial charge is 0.273 e. The number of carbonyl (C=O) groups is 1. The van der Waals surface area contributed by atoms with Crippen LogP contribution in [0.15, 0.2) is 10.6 Å². The molecule has 1 aliphatic rings. The Balaban J connectivity index is 1.83. The fourth-order valence-electron chi connectivity index (χ4n) is 2.29. The second kappa shape index (κ2) is 5.52. The van der Waals surface area contributed by atoms with Crippen LogP contribution < -0.4 is 5.32 Å². The third-order valence-electron chi connectivity index (χ3n) is 3.46. The van der Waals surface area contributed by atoms with E-state index >= 15 is 0 Å². The van der Waals surface area contributed by atoms with Gasteiger partial charge in [-0.25, -0.2) is 0 Å². The van der Waals surface area contributed by atoms with Gasteiger partial charge in [-0.15, -0.1) is 0 Å². The summed E-state index contributed by atoms with van der Waals surface area (Å²) in [7, 11) is 0. The molecule has 1 saturated heterocycles. The summed E-state index contributed by atoms with van der Waals surface area (Å²) in [5, 5.41) is 6.75. The highest BCUT2D eigenvalue weighted by atomic mass is 16.5. The molecule has 2 rings (SSSR count). The van der Waals surface area contributed by atoms with Gasteiger partial charge >= 0.3 is 0 Å². The second-order valence-electron chi connectivity index (χ2n) is 5.20. The molecule has 0 saturated carbocycles. The van der Waals surface area contributed by atoms with E-state index in [0.29, 0.717) is 17.5 Å². The van der Waals surface area contributed by atoms with Gasteiger partial charge in [0, 0.05) is 31.2 Å². The summed E-state index contributed by atoms with van der Waals surface area (Å²) in [6.07, 6.45) is 2.00. The van der Waals surface area contributed by atoms with Gasteiger partial charge in [-0.3, -0.25) is 4.79 Å². The Morgan fingerprint density at radius 2 is 2.17 bits per heavy atom. The van der Waals surface area contributed by atoms with E-state index in [1.54, 1.807) is 13.0 Å². The van der Waals surface area contributed by atoms with Crippen LogP contribution in [-0.2, 0) is 0 Å². The lowest BCUT2D eigenvalue weighted by atomic mass is 10.0. The number of hydrogen-bond donors (Lipinski definition) is 1. The molecule has 0 atom stereocenters. The molecule has 1 amide bonds. The lowest BCUT2D eigenvalue weighted by Gasteiger charge is -2.34. The van der Waals surface area contributed by atoms with Crippen LogP contribution in [0, 0.1) is 6.92 Å². The molecule has 18 heavy (non-hydrogen) atoms. The number of hydrogen-bond acceptors (Lipinski definition) is 4. The molecular formula is C13H21N3O2. The van der Waals surface area contributed by atoms with E-state index in [9.17, 15) is 4.79 Å². The number of nitrogens with one attached hydrogen (secondary N) is 1. The predicted molar refractivity (Wildman–Crippen MR) is 68.4 cm³/mol. The zero-order valence-electron chi connectivity index (χ0n) is 11.3. The fourth-order valence-corrected chi connectivity index (χ4v) is 2.29. The van der Waals surface area contributed by atoms with E-state index in [1.807, 2.05) is 0 Å². The van der Waals surface area contributed by atoms with E-state index in [0.717, 1.165) is 25.9 Å². The molecule has 2 heterocycles. The molecule has 0 bridgehead atoms. The number of aromatic nitrogens is 1. The maximum atomic E-state index is 11.9. The number of aryl methyl sites for hydroxylation is 1. The summed E-state index contributed by atoms with van der Waals surface area (Å²) in [6, 6.07) is 2.50. The summed E-state index contributed by atoms with van der Waals surface area (Å²) < 4.78 is 4.90. The van der Waals surface area contributed by atoms with Gasteiger partial charge in [0.15, 0.2) is 5.69 Å². The molecule has 0 unspecified atom stereocenters. The van der Waals surface area contributed by atoms with Crippen LogP contribution in [0.5, 0.6) is 0 Å². The maximum absolute atomic E-state index is 11.9. The minimum Gasteiger partial charge on any atom is -0.361 e. The lowest BCUT2D eigenvalue weighted by Crippen LogP contribution is -2.46. The fraction of sp³-hybridized carbons (Fsp3) is 0.692. The van der Waals surface area contributed by atoms with Crippen molar-refractivity contribution in [3.63, 3.8) is 0 Å². The van der Waals surface area contributed by atoms with E-state index in [4.69, 9.17) is 4.52 Å². The van der Waals surface area contributed by atoms with Crippen molar-refractivity contribution >= 4 is 5.91 Å². The molecule has 5 nitrogen and oxygen atoms in total. The van der Waals surface area contributed by atoms with Crippen molar-refractivity contribution < 1.29 is 9.32 Å². The molecule has 100 valence electrons. The Morgan fingerprint density at radius 1 is 1.50 bits per heavy atom. The Hall–Kier alpha value is -1.36. The van der Waals surface area contributed by atoms with Crippen LogP contribution in [0.1, 0.15) is 42.9 Å². The highest BCUT2D eigenvalue weighted by Gasteiger charge is 2.23. The van der Waals surface area contributed by atoms with Crippen molar-refractivity contribution in [2.75, 3.05) is 13.1 Å². The van der Waals surface area contributed by atoms with Gasteiger partial charge in [-0.2, -0.15) is 0 Å². The summed E-state index contributed by atoms with van der Waals surface area (Å²) >= 11 is 0. The predicted octanol–water partition coefficient (Wildman–Crippen LogP) is 1.59. The minimum atomic E-state index is -0.130. The minimum absolute atomic E-state index is 0.130. The molecule has 0 spiro atoms. The molecular weight excluding hydrogens is 230 g/mol. The monoisotopic (exact) mass is 251 g/mol. The Morgan fingerprint density at radius 3 is 2.67 bits per heavy atom. The van der Waals surface area contributed by atoms with Gasteiger partial charge in [0.2, 0.25) is 0 Å². The highest BCUT2D eigenvalue weighted by Crippen LogP contribution is 2.13. The van der Waals surface area contributed by atoms with Gasteiger partial charge < -0.3 is 14.7 Å². The maximum Gasteiger partial charge on any atom is 0.273 e. The van der Waals surface area contributed by atoms with E-state index < -0.39 is 0 Å². The first kappa shape index (κ1) is 13.1. The van der Waals surface area contributed by atoms with E-state index in [2.05, 4.69) is 29.2 Å². The molecule has 1 fully saturated rings. The standard InChI is InChI=1S/C13H21N3O2/c1-9(2)16-6-4-11(5-7-16)14-13(17)12-8-10(3)18-15-12/h8-9,11H,4-7H2,1-3H3,(H,14,17). The number of nitrogens with zero attached hydrogens (tertiary/aromatic N) is 2. The number of piperidine rings is 1. The Kier molecular flexibility index (Phi) is 4.01. The number of carbonyl (C=O) groups excluding carboxylic acids is 1. The largest absolute Gasteiger partial charge is 0.361 e. The summed E-state index contributed by atoms with van der Waals surface area (Å²) in [5.74, 6) is 0.532. The molecule has 1 aromatic rings. The molecule has 0 radical (unpaired) electrons. The SMILES string of the molecule is Cc1cc(C(=O)NC2CCN(C(C)C)CC2)no1. The molecule has 5 heteroatoms. The summed E-state index contributed by atoms with van der Waals surface area (Å²) in [4.78, 5) is 14.3. The normalized spacial score (nSPS) is 18.2. The van der Waals surface area contributed by atoms with Crippen molar-refractivity contribution in [3.05, 3.63) is 17.5 Å². The van der Waals surface area contributed by atoms with E-state index in [-0.39, 0.29) is 11.9 Å². The molecule has 0 aliphatic carbocycles. The number of rotatable bonds is 3. The third kappa shape index (κ3) is 3.10. The average Bonchev–Trinajstić information content (AvgIpc) is 2.76. The van der Waals surface area contributed by atoms with Crippen molar-refractivity contribution in [2.24, 2.45) is 0 Å². The lowest BCUT2D eigenvalue weighted by molar-refractivity contribution is 0.0891. The summed E-state index contributed by atoms with van der Waals surface area (Å²) in [6.45, 7) is 8.28. The first-order chi connectivity index (χ1) is 8.56. The topological polar surface area (TPSA) is 58.4 Å². The first-order valence-electron chi connectivity index (χ1n) is 6.54. The van der Waals surface area contributed by atoms with Gasteiger partial charge in [0.25, 0.3) is 5.91 Å². The van der Waals surface area contributed by atoms with Gasteiger partial charge in [0.05, 0.1) is 0 Å². The number of amides is 1. The van der Waals surface area contributed by atoms with Gasteiger partial charge in [0.1, 0.15) is 5.76 Å². The Bertz CT molecular complexity index is 406. The van der Waals surface area contributed by atoms with Crippen molar-refractivity contribution in [1.29, 1.82) is 0 Å². The van der Waals surface area contributed by atoms with Crippen LogP contribution in [0.25, 0.3) is 0 Å². The van der Waals surface area contributed by atoms with Crippen molar-refractivity contribution in [1.82, 2.24) is 15.4 Å². The van der Waals surface area contributed by atoms with Crippen LogP contribution in [0.2, 0.25) is 0 Å². The molecule has 1 aromatic heterocycles. The molecule has 0 aromatic carbocycles. The van der Waals surface area contributed by atoms with Gasteiger partial charge in [-0.05, 0) is 33.6 Å². The number of likely N-dealkylation sites (tertiary alicyclic amines) is 1. The average molecular weight is 251 g/mol. The van der Waals surface area contributed by atoms with Crippen LogP contribution in [0.4, 0.5) is 0 Å². The molecule has 1 aliphatic heterocycles. The summed E-state index contributed by atoms with van der Waals surface area (Å²) in [5.41, 5.74) is 0.374. The first-order valence-corrected chi connectivity index (χ1v) is 6.54. The third-order valence-corrected chi connectivity index (χ3v) is 3.46. The van der Waals surface area contributed by atoms with Gasteiger partial charge in [-0.1, -0.05) is 5.16 Å². The quantitative estimate of drug-likeness (QED) is 0.886. The highest BCUT2D eigenvalue weighted by molar-refractivity contribution is 5.92. The zero-order valence-corrected chi connectivity index (χ0v) is 11.3. The van der Waals surface area contributed by atoms with Crippen LogP contribution in [-0.4, -0.2) is 41.1 Å². The van der Waals surface area contributed by atoms with E-state index in [1.165, 1.54) is 0 Å². The van der Waals surface area contributed by atoms with Crippen molar-refractivity contribution in [2.45, 2.75) is 45.7 Å². The second-order valence-corrected chi connectivity index (χ2v) is 5.20. The van der Waals surface area contributed by atoms with Crippen LogP contribution in [0.3, 0.4) is 0 Å². The molecule has 1 N–H and O–H groups in total. The van der Waals surface area contributed by atoms with Crippen LogP contribution >= 0.6 is 0 Å². The van der Waals surface area contributed by atoms with Crippen molar-refractivity contribution in [3.8, 4) is 0 Å². The Labute approximate surface area is 108 Å².